The van der Waals surface area contributed by atoms with E-state index in [0.29, 0.717) is 38.1 Å². The largest absolute Gasteiger partial charge is 0.493 e. The zero-order valence-electron chi connectivity index (χ0n) is 18.5. The third-order valence-corrected chi connectivity index (χ3v) is 5.46. The van der Waals surface area contributed by atoms with E-state index < -0.39 is 6.61 Å². The first-order valence-electron chi connectivity index (χ1n) is 10.8. The van der Waals surface area contributed by atoms with E-state index in [4.69, 9.17) is 9.47 Å². The molecule has 0 aromatic heterocycles. The summed E-state index contributed by atoms with van der Waals surface area (Å²) in [4.78, 5) is 26.7. The first kappa shape index (κ1) is 24.3. The van der Waals surface area contributed by atoms with Crippen LogP contribution in [0.4, 0.5) is 8.78 Å². The van der Waals surface area contributed by atoms with Crippen molar-refractivity contribution in [2.75, 3.05) is 26.8 Å². The number of halogens is 2. The lowest BCUT2D eigenvalue weighted by Gasteiger charge is -2.31. The maximum atomic E-state index is 12.6. The molecule has 1 aliphatic rings. The zero-order valence-corrected chi connectivity index (χ0v) is 18.5. The number of hydrogen-bond acceptors (Lipinski definition) is 5. The molecule has 1 saturated heterocycles. The van der Waals surface area contributed by atoms with E-state index >= 15 is 0 Å². The average Bonchev–Trinajstić information content (AvgIpc) is 2.83. The second-order valence-electron chi connectivity index (χ2n) is 7.65. The Hall–Kier alpha value is -3.36. The van der Waals surface area contributed by atoms with Crippen LogP contribution in [0.25, 0.3) is 0 Å². The molecule has 0 bridgehead atoms. The quantitative estimate of drug-likeness (QED) is 0.584. The highest BCUT2D eigenvalue weighted by molar-refractivity contribution is 5.80. The number of carbonyl (C=O) groups is 2. The fourth-order valence-corrected chi connectivity index (χ4v) is 3.67. The number of benzene rings is 2. The summed E-state index contributed by atoms with van der Waals surface area (Å²) in [5, 5.41) is 2.84. The molecule has 1 N–H and O–H groups in total. The Morgan fingerprint density at radius 2 is 1.82 bits per heavy atom. The van der Waals surface area contributed by atoms with Crippen LogP contribution in [-0.4, -0.2) is 50.1 Å². The lowest BCUT2D eigenvalue weighted by molar-refractivity contribution is -0.136. The predicted molar refractivity (Wildman–Crippen MR) is 117 cm³/mol. The number of methoxy groups -OCH3 is 1. The number of likely N-dealkylation sites (tertiary alicyclic amines) is 1. The first-order chi connectivity index (χ1) is 16.0. The summed E-state index contributed by atoms with van der Waals surface area (Å²) in [5.41, 5.74) is 0.617. The second-order valence-corrected chi connectivity index (χ2v) is 7.65. The van der Waals surface area contributed by atoms with Gasteiger partial charge in [0.05, 0.1) is 20.1 Å². The molecule has 1 fully saturated rings. The van der Waals surface area contributed by atoms with Crippen molar-refractivity contribution in [3.8, 4) is 17.2 Å². The van der Waals surface area contributed by atoms with Gasteiger partial charge in [0.1, 0.15) is 5.75 Å². The van der Waals surface area contributed by atoms with Crippen LogP contribution < -0.4 is 19.5 Å². The average molecular weight is 462 g/mol. The molecule has 2 aromatic carbocycles. The molecule has 0 atom stereocenters. The van der Waals surface area contributed by atoms with Gasteiger partial charge in [0.15, 0.2) is 11.5 Å². The summed E-state index contributed by atoms with van der Waals surface area (Å²) < 4.78 is 40.2. The van der Waals surface area contributed by atoms with Crippen LogP contribution in [0.2, 0.25) is 0 Å². The molecular formula is C24H28F2N2O5. The molecule has 0 unspecified atom stereocenters. The summed E-state index contributed by atoms with van der Waals surface area (Å²) in [6, 6.07) is 13.9. The molecule has 3 rings (SSSR count). The molecule has 1 aliphatic heterocycles. The molecule has 9 heteroatoms. The van der Waals surface area contributed by atoms with Crippen molar-refractivity contribution in [3.05, 3.63) is 54.1 Å². The van der Waals surface area contributed by atoms with Crippen molar-refractivity contribution >= 4 is 11.8 Å². The summed E-state index contributed by atoms with van der Waals surface area (Å²) in [5.74, 6) is 0.519. The molecule has 1 heterocycles. The Bertz CT molecular complexity index is 918. The van der Waals surface area contributed by atoms with Crippen molar-refractivity contribution in [2.45, 2.75) is 32.4 Å². The fourth-order valence-electron chi connectivity index (χ4n) is 3.67. The minimum atomic E-state index is -2.97. The van der Waals surface area contributed by atoms with Gasteiger partial charge >= 0.3 is 6.61 Å². The highest BCUT2D eigenvalue weighted by atomic mass is 19.3. The van der Waals surface area contributed by atoms with Gasteiger partial charge in [-0.25, -0.2) is 0 Å². The van der Waals surface area contributed by atoms with E-state index in [1.807, 2.05) is 30.3 Å². The number of carbonyl (C=O) groups excluding carboxylic acids is 2. The number of amides is 2. The number of nitrogens with zero attached hydrogens (tertiary/aromatic N) is 1. The Labute approximate surface area is 191 Å². The molecule has 0 saturated carbocycles. The number of rotatable bonds is 10. The van der Waals surface area contributed by atoms with Gasteiger partial charge in [-0.15, -0.1) is 0 Å². The normalized spacial score (nSPS) is 14.1. The molecule has 7 nitrogen and oxygen atoms in total. The Kier molecular flexibility index (Phi) is 8.86. The van der Waals surface area contributed by atoms with Crippen LogP contribution in [0.3, 0.4) is 0 Å². The van der Waals surface area contributed by atoms with Crippen molar-refractivity contribution in [1.29, 1.82) is 0 Å². The molecule has 0 radical (unpaired) electrons. The van der Waals surface area contributed by atoms with Crippen LogP contribution in [-0.2, 0) is 16.1 Å². The minimum Gasteiger partial charge on any atom is -0.493 e. The summed E-state index contributed by atoms with van der Waals surface area (Å²) in [6.07, 6.45) is 1.42. The Morgan fingerprint density at radius 3 is 2.48 bits per heavy atom. The number of ether oxygens (including phenoxy) is 3. The predicted octanol–water partition coefficient (Wildman–Crippen LogP) is 3.62. The third kappa shape index (κ3) is 7.34. The van der Waals surface area contributed by atoms with Crippen LogP contribution in [0.1, 0.15) is 24.8 Å². The van der Waals surface area contributed by atoms with Crippen molar-refractivity contribution < 1.29 is 32.6 Å². The molecule has 0 aliphatic carbocycles. The third-order valence-electron chi connectivity index (χ3n) is 5.46. The van der Waals surface area contributed by atoms with Gasteiger partial charge in [-0.05, 0) is 42.7 Å². The number of nitrogens with one attached hydrogen (secondary N) is 1. The lowest BCUT2D eigenvalue weighted by atomic mass is 9.95. The van der Waals surface area contributed by atoms with Gasteiger partial charge in [0.25, 0.3) is 0 Å². The van der Waals surface area contributed by atoms with Gasteiger partial charge in [-0.1, -0.05) is 24.3 Å². The van der Waals surface area contributed by atoms with Gasteiger partial charge in [0.2, 0.25) is 11.8 Å². The highest BCUT2D eigenvalue weighted by Crippen LogP contribution is 2.29. The van der Waals surface area contributed by atoms with Crippen LogP contribution in [0, 0.1) is 5.92 Å². The monoisotopic (exact) mass is 462 g/mol. The van der Waals surface area contributed by atoms with Gasteiger partial charge < -0.3 is 24.4 Å². The van der Waals surface area contributed by atoms with Gasteiger partial charge in [0, 0.05) is 25.6 Å². The maximum absolute atomic E-state index is 12.6. The number of hydrogen-bond donors (Lipinski definition) is 1. The van der Waals surface area contributed by atoms with Crippen molar-refractivity contribution in [1.82, 2.24) is 10.2 Å². The number of para-hydroxylation sites is 1. The summed E-state index contributed by atoms with van der Waals surface area (Å²) >= 11 is 0. The second kappa shape index (κ2) is 12.0. The van der Waals surface area contributed by atoms with E-state index in [1.54, 1.807) is 11.0 Å². The first-order valence-corrected chi connectivity index (χ1v) is 10.8. The zero-order chi connectivity index (χ0) is 23.6. The van der Waals surface area contributed by atoms with E-state index in [0.717, 1.165) is 5.75 Å². The van der Waals surface area contributed by atoms with E-state index in [9.17, 15) is 18.4 Å². The smallest absolute Gasteiger partial charge is 0.387 e. The highest BCUT2D eigenvalue weighted by Gasteiger charge is 2.27. The molecule has 2 amide bonds. The maximum Gasteiger partial charge on any atom is 0.387 e. The standard InChI is InChI=1S/C24H28F2N2O5/c1-31-20-8-7-17(15-21(20)33-24(25)26)16-27-23(30)18-9-12-28(13-10-18)22(29)11-14-32-19-5-3-2-4-6-19/h2-8,15,18,24H,9-14,16H2,1H3,(H,27,30). The van der Waals surface area contributed by atoms with Crippen LogP contribution in [0.15, 0.2) is 48.5 Å². The van der Waals surface area contributed by atoms with E-state index in [-0.39, 0.29) is 42.2 Å². The molecular weight excluding hydrogens is 434 g/mol. The SMILES string of the molecule is COc1ccc(CNC(=O)C2CCN(C(=O)CCOc3ccccc3)CC2)cc1OC(F)F. The topological polar surface area (TPSA) is 77.1 Å². The molecule has 33 heavy (non-hydrogen) atoms. The Morgan fingerprint density at radius 1 is 1.09 bits per heavy atom. The molecule has 2 aromatic rings. The molecule has 0 spiro atoms. The summed E-state index contributed by atoms with van der Waals surface area (Å²) in [7, 11) is 1.36. The van der Waals surface area contributed by atoms with Gasteiger partial charge in [-0.3, -0.25) is 9.59 Å². The molecule has 178 valence electrons. The van der Waals surface area contributed by atoms with Crippen LogP contribution >= 0.6 is 0 Å². The van der Waals surface area contributed by atoms with Crippen molar-refractivity contribution in [3.63, 3.8) is 0 Å². The Balaban J connectivity index is 1.40. The van der Waals surface area contributed by atoms with Crippen molar-refractivity contribution in [2.24, 2.45) is 5.92 Å². The van der Waals surface area contributed by atoms with E-state index in [2.05, 4.69) is 10.1 Å². The van der Waals surface area contributed by atoms with Crippen LogP contribution in [0.5, 0.6) is 17.2 Å². The van der Waals surface area contributed by atoms with Gasteiger partial charge in [-0.2, -0.15) is 8.78 Å². The lowest BCUT2D eigenvalue weighted by Crippen LogP contribution is -2.43. The number of piperidine rings is 1. The minimum absolute atomic E-state index is 0.00887. The van der Waals surface area contributed by atoms with E-state index in [1.165, 1.54) is 19.2 Å². The fraction of sp³-hybridized carbons (Fsp3) is 0.417. The number of alkyl halides is 2. The summed E-state index contributed by atoms with van der Waals surface area (Å²) in [6.45, 7) is -1.46.